The van der Waals surface area contributed by atoms with E-state index in [1.165, 1.54) is 6.07 Å². The van der Waals surface area contributed by atoms with Gasteiger partial charge in [-0.1, -0.05) is 6.07 Å². The Labute approximate surface area is 96.0 Å². The van der Waals surface area contributed by atoms with Gasteiger partial charge < -0.3 is 15.4 Å². The van der Waals surface area contributed by atoms with Crippen LogP contribution >= 0.6 is 0 Å². The van der Waals surface area contributed by atoms with Crippen LogP contribution in [-0.2, 0) is 6.42 Å². The molecule has 0 amide bonds. The molecule has 0 fully saturated rings. The number of nitrogens with two attached hydrogens (primary N) is 1. The van der Waals surface area contributed by atoms with Crippen molar-refractivity contribution >= 4 is 0 Å². The Bertz CT molecular complexity index is 329. The van der Waals surface area contributed by atoms with E-state index >= 15 is 0 Å². The second kappa shape index (κ2) is 6.45. The molecule has 0 radical (unpaired) electrons. The van der Waals surface area contributed by atoms with Crippen molar-refractivity contribution in [1.82, 2.24) is 4.90 Å². The maximum atomic E-state index is 13.5. The zero-order valence-corrected chi connectivity index (χ0v) is 9.87. The van der Waals surface area contributed by atoms with Gasteiger partial charge >= 0.3 is 0 Å². The Morgan fingerprint density at radius 3 is 2.69 bits per heavy atom. The highest BCUT2D eigenvalue weighted by molar-refractivity contribution is 5.29. The SMILES string of the molecule is CN(C)CCOc1ccc(CCN)cc1F. The molecule has 0 spiro atoms. The fourth-order valence-corrected chi connectivity index (χ4v) is 1.32. The molecule has 0 aromatic heterocycles. The molecule has 0 saturated carbocycles. The molecular formula is C12H19FN2O. The Morgan fingerprint density at radius 1 is 1.38 bits per heavy atom. The lowest BCUT2D eigenvalue weighted by Gasteiger charge is -2.12. The number of hydrogen-bond acceptors (Lipinski definition) is 3. The van der Waals surface area contributed by atoms with Gasteiger partial charge in [-0.2, -0.15) is 0 Å². The van der Waals surface area contributed by atoms with Crippen LogP contribution in [0.5, 0.6) is 5.75 Å². The molecule has 1 aromatic rings. The Morgan fingerprint density at radius 2 is 2.12 bits per heavy atom. The van der Waals surface area contributed by atoms with Gasteiger partial charge in [-0.25, -0.2) is 4.39 Å². The Kier molecular flexibility index (Phi) is 5.22. The first kappa shape index (κ1) is 12.9. The van der Waals surface area contributed by atoms with Crippen molar-refractivity contribution < 1.29 is 9.13 Å². The van der Waals surface area contributed by atoms with Gasteiger partial charge in [0.25, 0.3) is 0 Å². The van der Waals surface area contributed by atoms with Crippen LogP contribution in [0.15, 0.2) is 18.2 Å². The molecule has 90 valence electrons. The zero-order valence-electron chi connectivity index (χ0n) is 9.87. The van der Waals surface area contributed by atoms with Crippen LogP contribution in [0.25, 0.3) is 0 Å². The van der Waals surface area contributed by atoms with Crippen LogP contribution in [-0.4, -0.2) is 38.7 Å². The first-order chi connectivity index (χ1) is 7.63. The molecule has 0 unspecified atom stereocenters. The predicted octanol–water partition coefficient (Wildman–Crippen LogP) is 1.27. The summed E-state index contributed by atoms with van der Waals surface area (Å²) in [6.45, 7) is 1.78. The third-order valence-corrected chi connectivity index (χ3v) is 2.23. The summed E-state index contributed by atoms with van der Waals surface area (Å²) in [4.78, 5) is 1.99. The van der Waals surface area contributed by atoms with E-state index in [-0.39, 0.29) is 5.82 Å². The van der Waals surface area contributed by atoms with Crippen LogP contribution in [0.3, 0.4) is 0 Å². The average molecular weight is 226 g/mol. The molecular weight excluding hydrogens is 207 g/mol. The number of rotatable bonds is 6. The minimum atomic E-state index is -0.315. The fourth-order valence-electron chi connectivity index (χ4n) is 1.32. The van der Waals surface area contributed by atoms with Crippen LogP contribution in [0.4, 0.5) is 4.39 Å². The van der Waals surface area contributed by atoms with E-state index in [9.17, 15) is 4.39 Å². The zero-order chi connectivity index (χ0) is 12.0. The summed E-state index contributed by atoms with van der Waals surface area (Å²) in [5, 5.41) is 0. The van der Waals surface area contributed by atoms with Crippen molar-refractivity contribution in [1.29, 1.82) is 0 Å². The first-order valence-electron chi connectivity index (χ1n) is 5.39. The lowest BCUT2D eigenvalue weighted by molar-refractivity contribution is 0.252. The maximum Gasteiger partial charge on any atom is 0.165 e. The van der Waals surface area contributed by atoms with Crippen LogP contribution in [0, 0.1) is 5.82 Å². The molecule has 0 aliphatic heterocycles. The van der Waals surface area contributed by atoms with Crippen molar-refractivity contribution in [2.75, 3.05) is 33.8 Å². The molecule has 0 saturated heterocycles. The summed E-state index contributed by atoms with van der Waals surface area (Å²) < 4.78 is 18.9. The molecule has 1 rings (SSSR count). The standard InChI is InChI=1S/C12H19FN2O/c1-15(2)7-8-16-12-4-3-10(5-6-14)9-11(12)13/h3-4,9H,5-8,14H2,1-2H3. The molecule has 3 nitrogen and oxygen atoms in total. The van der Waals surface area contributed by atoms with Crippen LogP contribution in [0.1, 0.15) is 5.56 Å². The van der Waals surface area contributed by atoms with Crippen LogP contribution in [0.2, 0.25) is 0 Å². The topological polar surface area (TPSA) is 38.5 Å². The van der Waals surface area contributed by atoms with Crippen molar-refractivity contribution in [2.24, 2.45) is 5.73 Å². The quantitative estimate of drug-likeness (QED) is 0.794. The van der Waals surface area contributed by atoms with Crippen LogP contribution < -0.4 is 10.5 Å². The number of halogens is 1. The van der Waals surface area contributed by atoms with Gasteiger partial charge in [-0.05, 0) is 44.8 Å². The van der Waals surface area contributed by atoms with Gasteiger partial charge in [0.05, 0.1) is 0 Å². The fraction of sp³-hybridized carbons (Fsp3) is 0.500. The maximum absolute atomic E-state index is 13.5. The van der Waals surface area contributed by atoms with E-state index in [1.807, 2.05) is 25.1 Å². The van der Waals surface area contributed by atoms with Gasteiger partial charge in [0.15, 0.2) is 11.6 Å². The second-order valence-corrected chi connectivity index (χ2v) is 3.96. The van der Waals surface area contributed by atoms with E-state index in [1.54, 1.807) is 6.07 Å². The summed E-state index contributed by atoms with van der Waals surface area (Å²) in [6, 6.07) is 4.99. The average Bonchev–Trinajstić information content (AvgIpc) is 2.21. The third-order valence-electron chi connectivity index (χ3n) is 2.23. The Balaban J connectivity index is 2.54. The lowest BCUT2D eigenvalue weighted by Crippen LogP contribution is -2.19. The van der Waals surface area contributed by atoms with Crippen molar-refractivity contribution in [2.45, 2.75) is 6.42 Å². The predicted molar refractivity (Wildman–Crippen MR) is 63.2 cm³/mol. The number of likely N-dealkylation sites (N-methyl/N-ethyl adjacent to an activating group) is 1. The summed E-state index contributed by atoms with van der Waals surface area (Å²) in [5.74, 6) is -0.00710. The summed E-state index contributed by atoms with van der Waals surface area (Å²) in [5.41, 5.74) is 6.31. The molecule has 16 heavy (non-hydrogen) atoms. The highest BCUT2D eigenvalue weighted by Crippen LogP contribution is 2.18. The van der Waals surface area contributed by atoms with E-state index in [0.29, 0.717) is 25.3 Å². The van der Waals surface area contributed by atoms with E-state index in [0.717, 1.165) is 12.1 Å². The second-order valence-electron chi connectivity index (χ2n) is 3.96. The van der Waals surface area contributed by atoms with Gasteiger partial charge in [-0.15, -0.1) is 0 Å². The number of benzene rings is 1. The molecule has 0 atom stereocenters. The number of hydrogen-bond donors (Lipinski definition) is 1. The third kappa shape index (κ3) is 4.16. The van der Waals surface area contributed by atoms with E-state index in [4.69, 9.17) is 10.5 Å². The first-order valence-corrected chi connectivity index (χ1v) is 5.39. The summed E-state index contributed by atoms with van der Waals surface area (Å²) in [7, 11) is 3.90. The van der Waals surface area contributed by atoms with Gasteiger partial charge in [0, 0.05) is 6.54 Å². The Hall–Kier alpha value is -1.13. The molecule has 1 aromatic carbocycles. The molecule has 0 heterocycles. The van der Waals surface area contributed by atoms with E-state index < -0.39 is 0 Å². The number of ether oxygens (including phenoxy) is 1. The van der Waals surface area contributed by atoms with Gasteiger partial charge in [0.2, 0.25) is 0 Å². The highest BCUT2D eigenvalue weighted by Gasteiger charge is 2.04. The smallest absolute Gasteiger partial charge is 0.165 e. The van der Waals surface area contributed by atoms with Gasteiger partial charge in [-0.3, -0.25) is 0 Å². The molecule has 4 heteroatoms. The largest absolute Gasteiger partial charge is 0.489 e. The molecule has 2 N–H and O–H groups in total. The van der Waals surface area contributed by atoms with Crippen molar-refractivity contribution in [3.63, 3.8) is 0 Å². The molecule has 0 bridgehead atoms. The minimum absolute atomic E-state index is 0.308. The molecule has 0 aliphatic rings. The molecule has 0 aliphatic carbocycles. The minimum Gasteiger partial charge on any atom is -0.489 e. The highest BCUT2D eigenvalue weighted by atomic mass is 19.1. The number of nitrogens with zero attached hydrogens (tertiary/aromatic N) is 1. The van der Waals surface area contributed by atoms with Crippen molar-refractivity contribution in [3.05, 3.63) is 29.6 Å². The normalized spacial score (nSPS) is 10.8. The monoisotopic (exact) mass is 226 g/mol. The van der Waals surface area contributed by atoms with E-state index in [2.05, 4.69) is 0 Å². The lowest BCUT2D eigenvalue weighted by atomic mass is 10.1. The van der Waals surface area contributed by atoms with Gasteiger partial charge in [0.1, 0.15) is 6.61 Å². The summed E-state index contributed by atoms with van der Waals surface area (Å²) in [6.07, 6.45) is 0.689. The van der Waals surface area contributed by atoms with Crippen molar-refractivity contribution in [3.8, 4) is 5.75 Å². The summed E-state index contributed by atoms with van der Waals surface area (Å²) >= 11 is 0.